The third-order valence-corrected chi connectivity index (χ3v) is 19.3. The number of phosphoric ester groups is 4. The molecule has 6 saturated heterocycles. The number of aromatic amines is 4. The number of nitrogens with two attached hydrogens (primary N) is 3. The number of fused-ring (bicyclic) bond motifs is 8. The van der Waals surface area contributed by atoms with Gasteiger partial charge in [0.15, 0.2) is 69.6 Å². The SMILES string of the molecule is CC=Nc1nc2c(ncn2[C@@H]2O[C@@H]3COP(=O)([O-])O[C@@H]4C(O)[C@H](n5cnc6c(=O)[nH]c(N)nc65)O[C@@H]4COP(=O)([O-])OC3[C@@H]2O)c(=O)[nH]1.Nc1nc2c(ncn2[C@@H]2O[C@@H]3COP(=O)([O-])OC4[C@@H](COP(=O)([O-])O[C@@H]3C2O)O[C@@H](n2c(CC(=O)O)nc3c(=O)[nH]c(N)nc32)[C@H]4O)c(=O)[nH]1. The fourth-order valence-corrected chi connectivity index (χ4v) is 15.1. The molecular formula is C44H48N20O30P4-4. The van der Waals surface area contributed by atoms with Crippen molar-refractivity contribution in [3.8, 4) is 0 Å². The van der Waals surface area contributed by atoms with Crippen LogP contribution in [-0.4, -0.2) is 215 Å². The first-order valence-electron chi connectivity index (χ1n) is 28.1. The standard InChI is InChI=1S/C22H26N10O16P2.C22H26N10O14P2/c23-21-27-15-9(17(37)29-21)25-4-31(15)19-11(35)13-5(45-19)2-43-50(41,42)48-14-6(3-44-49(39,40)47-13)46-20(12(14)36)32-7(1-8(33)34)26-10-16(32)28-22(24)30-18(10)38;1-2-24-22-28-16-10(18(36)30-22)26-6-32(16)20-12(34)14-8(44-20)4-42-47(37,38)45-13-7(3-41-48(39,40)46-14)43-19(11(13)33)31-5-25-9-15(31)27-21(23)29-17(9)35/h4-6,11-14,19-20,35-36H,1-3H2,(H,33,34)(H,39,40)(H,41,42)(H3,23,27,29,37)(H3,24,28,30,38);2,5-8,11-14,19-20,33-34H,3-4H2,1H3,(H,37,38)(H,39,40)(H,28,30,36)(H3,23,27,29,35)/p-4/t5-,6-,11?,12+,13+,14?,19-,20-;7-,8-,11?,12+,13+,14?,19-,20-/m11/s1. The van der Waals surface area contributed by atoms with E-state index in [1.807, 2.05) is 0 Å². The molecular weight excluding hydrogens is 1410 g/mol. The number of aliphatic imine (C=N–C) groups is 1. The summed E-state index contributed by atoms with van der Waals surface area (Å²) in [5, 5.41) is 54.1. The zero-order chi connectivity index (χ0) is 70.0. The molecule has 8 unspecified atom stereocenters. The Morgan fingerprint density at radius 2 is 0.837 bits per heavy atom. The molecule has 8 aromatic rings. The fourth-order valence-electron chi connectivity index (χ4n) is 11.3. The second kappa shape index (κ2) is 25.7. The molecule has 0 radical (unpaired) electrons. The van der Waals surface area contributed by atoms with E-state index in [1.165, 1.54) is 6.21 Å². The summed E-state index contributed by atoms with van der Waals surface area (Å²) >= 11 is 0. The van der Waals surface area contributed by atoms with Crippen molar-refractivity contribution in [3.05, 3.63) is 66.2 Å². The first-order valence-corrected chi connectivity index (χ1v) is 33.9. The van der Waals surface area contributed by atoms with Gasteiger partial charge >= 0.3 is 5.97 Å². The number of aliphatic hydroxyl groups is 4. The summed E-state index contributed by atoms with van der Waals surface area (Å²) in [6, 6.07) is 0. The van der Waals surface area contributed by atoms with E-state index in [1.54, 1.807) is 6.92 Å². The summed E-state index contributed by atoms with van der Waals surface area (Å²) in [5.41, 5.74) is 12.1. The van der Waals surface area contributed by atoms with Crippen LogP contribution in [0.5, 0.6) is 0 Å². The largest absolute Gasteiger partial charge is 0.756 e. The Kier molecular flexibility index (Phi) is 18.0. The molecule has 14 heterocycles. The number of carboxylic acid groups (broad SMARTS) is 1. The Morgan fingerprint density at radius 3 is 1.19 bits per heavy atom. The van der Waals surface area contributed by atoms with Crippen LogP contribution in [-0.2, 0) is 84.6 Å². The van der Waals surface area contributed by atoms with Crippen LogP contribution in [0.4, 0.5) is 23.8 Å². The molecule has 6 aliphatic heterocycles. The van der Waals surface area contributed by atoms with Crippen molar-refractivity contribution in [2.24, 2.45) is 4.99 Å². The molecule has 54 heteroatoms. The van der Waals surface area contributed by atoms with Gasteiger partial charge in [-0.1, -0.05) is 0 Å². The van der Waals surface area contributed by atoms with E-state index >= 15 is 0 Å². The van der Waals surface area contributed by atoms with Crippen molar-refractivity contribution in [2.75, 3.05) is 43.6 Å². The minimum atomic E-state index is -5.49. The van der Waals surface area contributed by atoms with Crippen LogP contribution in [0, 0.1) is 0 Å². The molecule has 50 nitrogen and oxygen atoms in total. The second-order valence-electron chi connectivity index (χ2n) is 21.7. The molecule has 0 bridgehead atoms. The third kappa shape index (κ3) is 13.1. The van der Waals surface area contributed by atoms with Gasteiger partial charge in [-0.05, 0) is 6.92 Å². The topological polar surface area (TPSA) is 734 Å². The van der Waals surface area contributed by atoms with Gasteiger partial charge in [-0.15, -0.1) is 0 Å². The summed E-state index contributed by atoms with van der Waals surface area (Å²) < 4.78 is 120. The van der Waals surface area contributed by atoms with E-state index in [9.17, 15) is 87.3 Å². The molecule has 0 amide bonds. The number of nitrogen functional groups attached to an aromatic ring is 3. The highest BCUT2D eigenvalue weighted by Crippen LogP contribution is 2.53. The number of aliphatic hydroxyl groups excluding tert-OH is 4. The zero-order valence-electron chi connectivity index (χ0n) is 48.9. The number of hydrogen-bond donors (Lipinski definition) is 12. The van der Waals surface area contributed by atoms with E-state index in [-0.39, 0.29) is 62.8 Å². The van der Waals surface area contributed by atoms with E-state index in [2.05, 4.69) is 64.8 Å². The number of carbonyl (C=O) groups is 1. The van der Waals surface area contributed by atoms with Crippen LogP contribution in [0.15, 0.2) is 43.2 Å². The summed E-state index contributed by atoms with van der Waals surface area (Å²) in [7, 11) is -21.7. The average molecular weight is 1460 g/mol. The number of nitrogens with zero attached hydrogens (tertiary/aromatic N) is 13. The fraction of sp³-hybridized carbons (Fsp3) is 0.500. The second-order valence-corrected chi connectivity index (χ2v) is 27.2. The van der Waals surface area contributed by atoms with Crippen molar-refractivity contribution in [3.63, 3.8) is 0 Å². The minimum absolute atomic E-state index is 0.107. The van der Waals surface area contributed by atoms with Gasteiger partial charge in [-0.25, -0.2) is 24.9 Å². The van der Waals surface area contributed by atoms with Gasteiger partial charge in [0.25, 0.3) is 53.5 Å². The highest BCUT2D eigenvalue weighted by Gasteiger charge is 2.54. The first-order chi connectivity index (χ1) is 46.3. The Bertz CT molecular complexity index is 4960. The van der Waals surface area contributed by atoms with Crippen molar-refractivity contribution in [1.82, 2.24) is 78.1 Å². The summed E-state index contributed by atoms with van der Waals surface area (Å²) in [6.45, 7) is -2.44. The molecule has 0 spiro atoms. The quantitative estimate of drug-likeness (QED) is 0.0521. The number of carboxylic acids is 1. The molecule has 6 fully saturated rings. The molecule has 528 valence electrons. The minimum Gasteiger partial charge on any atom is -0.756 e. The molecule has 20 atom stereocenters. The predicted molar refractivity (Wildman–Crippen MR) is 304 cm³/mol. The molecule has 0 aromatic carbocycles. The Balaban J connectivity index is 0.000000177. The Morgan fingerprint density at radius 1 is 0.520 bits per heavy atom. The highest BCUT2D eigenvalue weighted by molar-refractivity contribution is 7.46. The molecule has 98 heavy (non-hydrogen) atoms. The van der Waals surface area contributed by atoms with Gasteiger partial charge < -0.3 is 117 Å². The van der Waals surface area contributed by atoms with Gasteiger partial charge in [0.2, 0.25) is 23.8 Å². The van der Waals surface area contributed by atoms with Crippen LogP contribution in [0.3, 0.4) is 0 Å². The summed E-state index contributed by atoms with van der Waals surface area (Å²) in [6.07, 6.45) is -24.6. The first kappa shape index (κ1) is 68.6. The van der Waals surface area contributed by atoms with Gasteiger partial charge in [-0.2, -0.15) is 19.9 Å². The van der Waals surface area contributed by atoms with Gasteiger partial charge in [-0.3, -0.25) is 80.4 Å². The smallest absolute Gasteiger partial charge is 0.311 e. The van der Waals surface area contributed by atoms with Gasteiger partial charge in [0.05, 0.1) is 45.4 Å². The maximum absolute atomic E-state index is 13.1. The lowest BCUT2D eigenvalue weighted by molar-refractivity contribution is -0.247. The van der Waals surface area contributed by atoms with E-state index in [0.717, 1.165) is 37.3 Å². The number of rotatable bonds is 7. The van der Waals surface area contributed by atoms with Crippen LogP contribution in [0.25, 0.3) is 44.7 Å². The maximum Gasteiger partial charge on any atom is 0.311 e. The number of hydrogen-bond acceptors (Lipinski definition) is 41. The Labute approximate surface area is 538 Å². The molecule has 14 rings (SSSR count). The predicted octanol–water partition coefficient (Wildman–Crippen LogP) is -7.86. The maximum atomic E-state index is 13.1. The number of imidazole rings is 4. The lowest BCUT2D eigenvalue weighted by Gasteiger charge is -2.34. The van der Waals surface area contributed by atoms with Crippen molar-refractivity contribution >= 4 is 112 Å². The van der Waals surface area contributed by atoms with Gasteiger partial charge in [0, 0.05) is 6.21 Å². The molecule has 8 aromatic heterocycles. The number of aliphatic carboxylic acids is 1. The number of anilines is 3. The lowest BCUT2D eigenvalue weighted by Crippen LogP contribution is -2.41. The zero-order valence-corrected chi connectivity index (χ0v) is 52.4. The lowest BCUT2D eigenvalue weighted by atomic mass is 10.1. The number of ether oxygens (including phenoxy) is 4. The summed E-state index contributed by atoms with van der Waals surface area (Å²) in [5.74, 6) is -2.98. The van der Waals surface area contributed by atoms with Crippen LogP contribution < -0.4 is 59.0 Å². The normalized spacial score (nSPS) is 35.6. The molecule has 15 N–H and O–H groups in total. The number of H-pyrrole nitrogens is 4. The summed E-state index contributed by atoms with van der Waals surface area (Å²) in [4.78, 5) is 158. The van der Waals surface area contributed by atoms with E-state index in [0.29, 0.717) is 0 Å². The molecule has 6 aliphatic rings. The van der Waals surface area contributed by atoms with Crippen LogP contribution in [0.2, 0.25) is 0 Å². The van der Waals surface area contributed by atoms with Crippen LogP contribution >= 0.6 is 31.3 Å². The molecule has 0 aliphatic carbocycles. The van der Waals surface area contributed by atoms with Crippen molar-refractivity contribution in [1.29, 1.82) is 0 Å². The van der Waals surface area contributed by atoms with Crippen molar-refractivity contribution in [2.45, 2.75) is 112 Å². The highest BCUT2D eigenvalue weighted by atomic mass is 31.2. The van der Waals surface area contributed by atoms with Crippen molar-refractivity contribution < 1.29 is 123 Å². The Hall–Kier alpha value is -7.94. The third-order valence-electron chi connectivity index (χ3n) is 15.4. The molecule has 0 saturated carbocycles. The van der Waals surface area contributed by atoms with Crippen LogP contribution in [0.1, 0.15) is 37.7 Å². The average Bonchev–Trinajstić information content (AvgIpc) is 1.62. The number of aromatic nitrogens is 16. The van der Waals surface area contributed by atoms with Gasteiger partial charge in [0.1, 0.15) is 85.5 Å². The number of nitrogens with one attached hydrogen (secondary N) is 4. The van der Waals surface area contributed by atoms with E-state index in [4.69, 9.17) is 72.3 Å². The number of phosphoric acid groups is 4. The van der Waals surface area contributed by atoms with E-state index < -0.39 is 202 Å². The monoisotopic (exact) mass is 1460 g/mol.